The van der Waals surface area contributed by atoms with E-state index in [1.54, 1.807) is 22.7 Å². The van der Waals surface area contributed by atoms with Crippen LogP contribution in [0.5, 0.6) is 0 Å². The van der Waals surface area contributed by atoms with Crippen LogP contribution in [-0.2, 0) is 13.1 Å². The summed E-state index contributed by atoms with van der Waals surface area (Å²) >= 11 is 5.28. The second kappa shape index (κ2) is 6.53. The maximum absolute atomic E-state index is 4.77. The Morgan fingerprint density at radius 2 is 1.91 bits per heavy atom. The Morgan fingerprint density at radius 1 is 1.00 bits per heavy atom. The van der Waals surface area contributed by atoms with Crippen molar-refractivity contribution in [3.05, 3.63) is 63.1 Å². The first kappa shape index (κ1) is 15.0. The minimum absolute atomic E-state index is 0.880. The molecule has 0 aliphatic carbocycles. The molecule has 23 heavy (non-hydrogen) atoms. The molecule has 0 saturated heterocycles. The predicted molar refractivity (Wildman–Crippen MR) is 102 cm³/mol. The Balaban J connectivity index is 1.47. The summed E-state index contributed by atoms with van der Waals surface area (Å²) in [5, 5.41) is 11.2. The van der Waals surface area contributed by atoms with Crippen LogP contribution in [0.3, 0.4) is 0 Å². The van der Waals surface area contributed by atoms with Crippen LogP contribution >= 0.6 is 34.0 Å². The molecule has 0 amide bonds. The molecule has 0 fully saturated rings. The molecule has 0 aliphatic heterocycles. The van der Waals surface area contributed by atoms with Crippen LogP contribution in [0.25, 0.3) is 20.7 Å². The van der Waals surface area contributed by atoms with Crippen molar-refractivity contribution < 1.29 is 0 Å². The van der Waals surface area contributed by atoms with Crippen molar-refractivity contribution in [1.29, 1.82) is 0 Å². The maximum Gasteiger partial charge on any atom is 0.124 e. The highest BCUT2D eigenvalue weighted by molar-refractivity contribution is 7.17. The number of rotatable bonds is 5. The molecule has 0 atom stereocenters. The first-order valence-corrected chi connectivity index (χ1v) is 10.1. The third-order valence-corrected chi connectivity index (χ3v) is 6.39. The van der Waals surface area contributed by atoms with Gasteiger partial charge in [0.15, 0.2) is 0 Å². The van der Waals surface area contributed by atoms with Gasteiger partial charge in [-0.2, -0.15) is 11.3 Å². The lowest BCUT2D eigenvalue weighted by Gasteiger charge is -2.14. The van der Waals surface area contributed by atoms with E-state index in [0.717, 1.165) is 23.8 Å². The van der Waals surface area contributed by atoms with E-state index >= 15 is 0 Å². The van der Waals surface area contributed by atoms with Gasteiger partial charge in [0.25, 0.3) is 0 Å². The second-order valence-electron chi connectivity index (χ2n) is 5.59. The van der Waals surface area contributed by atoms with E-state index < -0.39 is 0 Å². The average molecular weight is 357 g/mol. The van der Waals surface area contributed by atoms with Gasteiger partial charge in [-0.25, -0.2) is 4.98 Å². The Bertz CT molecular complexity index is 905. The quantitative estimate of drug-likeness (QED) is 0.455. The van der Waals surface area contributed by atoms with Crippen LogP contribution in [0.4, 0.5) is 0 Å². The lowest BCUT2D eigenvalue weighted by atomic mass is 10.1. The van der Waals surface area contributed by atoms with Crippen LogP contribution in [0.2, 0.25) is 0 Å². The maximum atomic E-state index is 4.77. The number of fused-ring (bicyclic) bond motifs is 1. The third kappa shape index (κ3) is 3.23. The molecule has 4 aromatic rings. The third-order valence-electron chi connectivity index (χ3n) is 3.75. The molecule has 3 aromatic heterocycles. The lowest BCUT2D eigenvalue weighted by molar-refractivity contribution is 0.317. The van der Waals surface area contributed by atoms with Gasteiger partial charge in [0.05, 0.1) is 5.69 Å². The summed E-state index contributed by atoms with van der Waals surface area (Å²) in [5.74, 6) is 0. The van der Waals surface area contributed by atoms with E-state index in [0.29, 0.717) is 0 Å². The summed E-state index contributed by atoms with van der Waals surface area (Å²) < 4.78 is 1.37. The average Bonchev–Trinajstić information content (AvgIpc) is 3.27. The minimum Gasteiger partial charge on any atom is -0.296 e. The SMILES string of the molecule is CN(Cc1csc(-c2ccsc2)n1)Cc1csc2ccccc12. The Labute approximate surface area is 147 Å². The number of thiophene rings is 2. The molecular formula is C18H16N2S3. The highest BCUT2D eigenvalue weighted by atomic mass is 32.1. The number of nitrogens with zero attached hydrogens (tertiary/aromatic N) is 2. The second-order valence-corrected chi connectivity index (χ2v) is 8.13. The first-order valence-electron chi connectivity index (χ1n) is 7.40. The summed E-state index contributed by atoms with van der Waals surface area (Å²) in [4.78, 5) is 7.10. The highest BCUT2D eigenvalue weighted by Crippen LogP contribution is 2.28. The van der Waals surface area contributed by atoms with Gasteiger partial charge >= 0.3 is 0 Å². The lowest BCUT2D eigenvalue weighted by Crippen LogP contribution is -2.17. The van der Waals surface area contributed by atoms with Crippen molar-refractivity contribution in [3.63, 3.8) is 0 Å². The zero-order valence-electron chi connectivity index (χ0n) is 12.7. The molecule has 0 N–H and O–H groups in total. The van der Waals surface area contributed by atoms with Crippen molar-refractivity contribution in [3.8, 4) is 10.6 Å². The molecule has 0 unspecified atom stereocenters. The fraction of sp³-hybridized carbons (Fsp3) is 0.167. The van der Waals surface area contributed by atoms with Crippen LogP contribution in [-0.4, -0.2) is 16.9 Å². The largest absolute Gasteiger partial charge is 0.296 e. The normalized spacial score (nSPS) is 11.6. The molecule has 1 aromatic carbocycles. The van der Waals surface area contributed by atoms with E-state index in [1.165, 1.54) is 21.2 Å². The highest BCUT2D eigenvalue weighted by Gasteiger charge is 2.10. The van der Waals surface area contributed by atoms with E-state index in [2.05, 4.69) is 63.8 Å². The monoisotopic (exact) mass is 356 g/mol. The van der Waals surface area contributed by atoms with Gasteiger partial charge in [0.2, 0.25) is 0 Å². The van der Waals surface area contributed by atoms with Crippen LogP contribution in [0.15, 0.2) is 51.9 Å². The fourth-order valence-corrected chi connectivity index (χ4v) is 5.15. The van der Waals surface area contributed by atoms with Gasteiger partial charge in [-0.15, -0.1) is 22.7 Å². The van der Waals surface area contributed by atoms with E-state index in [-0.39, 0.29) is 0 Å². The minimum atomic E-state index is 0.880. The molecule has 2 nitrogen and oxygen atoms in total. The topological polar surface area (TPSA) is 16.1 Å². The summed E-state index contributed by atoms with van der Waals surface area (Å²) in [6.07, 6.45) is 0. The fourth-order valence-electron chi connectivity index (χ4n) is 2.68. The van der Waals surface area contributed by atoms with Gasteiger partial charge in [0.1, 0.15) is 5.01 Å². The van der Waals surface area contributed by atoms with Gasteiger partial charge in [-0.3, -0.25) is 4.90 Å². The molecule has 116 valence electrons. The Morgan fingerprint density at radius 3 is 2.78 bits per heavy atom. The first-order chi connectivity index (χ1) is 11.3. The van der Waals surface area contributed by atoms with Gasteiger partial charge < -0.3 is 0 Å². The van der Waals surface area contributed by atoms with E-state index in [9.17, 15) is 0 Å². The van der Waals surface area contributed by atoms with Crippen molar-refractivity contribution in [2.24, 2.45) is 0 Å². The van der Waals surface area contributed by atoms with Crippen LogP contribution < -0.4 is 0 Å². The number of benzene rings is 1. The summed E-state index contributed by atoms with van der Waals surface area (Å²) in [6.45, 7) is 1.83. The molecule has 0 saturated carbocycles. The molecule has 3 heterocycles. The molecule has 0 radical (unpaired) electrons. The zero-order chi connectivity index (χ0) is 15.6. The van der Waals surface area contributed by atoms with E-state index in [4.69, 9.17) is 4.98 Å². The molecule has 4 rings (SSSR count). The Kier molecular flexibility index (Phi) is 4.27. The van der Waals surface area contributed by atoms with Crippen molar-refractivity contribution in [1.82, 2.24) is 9.88 Å². The van der Waals surface area contributed by atoms with Crippen molar-refractivity contribution in [2.75, 3.05) is 7.05 Å². The summed E-state index contributed by atoms with van der Waals surface area (Å²) in [5.41, 5.74) is 3.79. The van der Waals surface area contributed by atoms with Gasteiger partial charge in [-0.05, 0) is 40.9 Å². The molecular weight excluding hydrogens is 340 g/mol. The van der Waals surface area contributed by atoms with Gasteiger partial charge in [-0.1, -0.05) is 18.2 Å². The molecule has 0 aliphatic rings. The van der Waals surface area contributed by atoms with Crippen molar-refractivity contribution >= 4 is 44.1 Å². The number of hydrogen-bond acceptors (Lipinski definition) is 5. The number of aromatic nitrogens is 1. The van der Waals surface area contributed by atoms with E-state index in [1.807, 2.05) is 11.3 Å². The van der Waals surface area contributed by atoms with Crippen LogP contribution in [0.1, 0.15) is 11.3 Å². The Hall–Kier alpha value is -1.53. The standard InChI is InChI=1S/C18H16N2S3/c1-20(8-14-11-22-17-5-3-2-4-16(14)17)9-15-12-23-18(19-15)13-6-7-21-10-13/h2-7,10-12H,8-9H2,1H3. The zero-order valence-corrected chi connectivity index (χ0v) is 15.2. The van der Waals surface area contributed by atoms with Gasteiger partial charge in [0, 0.05) is 34.1 Å². The van der Waals surface area contributed by atoms with Crippen molar-refractivity contribution in [2.45, 2.75) is 13.1 Å². The summed E-state index contributed by atoms with van der Waals surface area (Å²) in [6, 6.07) is 10.8. The number of hydrogen-bond donors (Lipinski definition) is 0. The molecule has 5 heteroatoms. The molecule has 0 spiro atoms. The summed E-state index contributed by atoms with van der Waals surface area (Å²) in [7, 11) is 2.16. The predicted octanol–water partition coefficient (Wildman–Crippen LogP) is 5.72. The van der Waals surface area contributed by atoms with Crippen LogP contribution in [0, 0.1) is 0 Å². The smallest absolute Gasteiger partial charge is 0.124 e. The molecule has 0 bridgehead atoms. The number of thiazole rings is 1.